The summed E-state index contributed by atoms with van der Waals surface area (Å²) in [6.07, 6.45) is 0.203. The minimum absolute atomic E-state index is 0.171. The number of nitrogens with zero attached hydrogens (tertiary/aromatic N) is 3. The first-order valence-corrected chi connectivity index (χ1v) is 10.1. The number of carbonyl (C=O) groups excluding carboxylic acids is 2. The van der Waals surface area contributed by atoms with Crippen LogP contribution in [0.2, 0.25) is 15.1 Å². The lowest BCUT2D eigenvalue weighted by Gasteiger charge is -2.38. The van der Waals surface area contributed by atoms with Crippen molar-refractivity contribution in [1.82, 2.24) is 4.90 Å². The minimum Gasteiger partial charge on any atom is -0.369 e. The molecular weight excluding hydrogens is 421 g/mol. The van der Waals surface area contributed by atoms with E-state index in [0.717, 1.165) is 18.8 Å². The zero-order chi connectivity index (χ0) is 19.8. The van der Waals surface area contributed by atoms with Gasteiger partial charge >= 0.3 is 0 Å². The van der Waals surface area contributed by atoms with Gasteiger partial charge in [0.15, 0.2) is 0 Å². The average molecular weight is 439 g/mol. The van der Waals surface area contributed by atoms with Gasteiger partial charge in [-0.1, -0.05) is 34.8 Å². The van der Waals surface area contributed by atoms with Gasteiger partial charge in [0.05, 0.1) is 28.2 Å². The molecule has 2 aromatic rings. The van der Waals surface area contributed by atoms with Crippen LogP contribution < -0.4 is 9.80 Å². The van der Waals surface area contributed by atoms with Crippen LogP contribution in [-0.4, -0.2) is 48.9 Å². The van der Waals surface area contributed by atoms with Crippen molar-refractivity contribution in [3.05, 3.63) is 57.5 Å². The van der Waals surface area contributed by atoms with Gasteiger partial charge in [-0.2, -0.15) is 0 Å². The number of anilines is 2. The van der Waals surface area contributed by atoms with Crippen LogP contribution in [0.4, 0.5) is 11.4 Å². The van der Waals surface area contributed by atoms with Gasteiger partial charge < -0.3 is 4.90 Å². The Morgan fingerprint density at radius 2 is 1.43 bits per heavy atom. The fourth-order valence-corrected chi connectivity index (χ4v) is 4.15. The van der Waals surface area contributed by atoms with E-state index in [2.05, 4.69) is 9.80 Å². The zero-order valence-electron chi connectivity index (χ0n) is 14.9. The Kier molecular flexibility index (Phi) is 5.52. The van der Waals surface area contributed by atoms with E-state index in [1.54, 1.807) is 30.3 Å². The van der Waals surface area contributed by atoms with Gasteiger partial charge in [0.1, 0.15) is 0 Å². The highest BCUT2D eigenvalue weighted by Gasteiger charge is 2.43. The molecule has 2 aromatic carbocycles. The lowest BCUT2D eigenvalue weighted by atomic mass is 10.1. The summed E-state index contributed by atoms with van der Waals surface area (Å²) in [5.41, 5.74) is 1.57. The second kappa shape index (κ2) is 7.91. The molecule has 0 aromatic heterocycles. The summed E-state index contributed by atoms with van der Waals surface area (Å²) < 4.78 is 0. The molecule has 0 aliphatic carbocycles. The summed E-state index contributed by atoms with van der Waals surface area (Å²) in [7, 11) is 0. The fourth-order valence-electron chi connectivity index (χ4n) is 3.74. The molecule has 5 nitrogen and oxygen atoms in total. The molecule has 1 unspecified atom stereocenters. The van der Waals surface area contributed by atoms with Gasteiger partial charge in [0.25, 0.3) is 5.91 Å². The number of imide groups is 1. The highest BCUT2D eigenvalue weighted by atomic mass is 35.5. The summed E-state index contributed by atoms with van der Waals surface area (Å²) in [4.78, 5) is 31.0. The van der Waals surface area contributed by atoms with Crippen LogP contribution in [0.3, 0.4) is 0 Å². The summed E-state index contributed by atoms with van der Waals surface area (Å²) in [5.74, 6) is -0.348. The molecule has 28 heavy (non-hydrogen) atoms. The first-order valence-electron chi connectivity index (χ1n) is 9.00. The van der Waals surface area contributed by atoms with Crippen molar-refractivity contribution in [3.63, 3.8) is 0 Å². The molecule has 4 rings (SSSR count). The van der Waals surface area contributed by atoms with E-state index < -0.39 is 6.04 Å². The van der Waals surface area contributed by atoms with Crippen molar-refractivity contribution in [2.24, 2.45) is 0 Å². The number of carbonyl (C=O) groups is 2. The van der Waals surface area contributed by atoms with Crippen LogP contribution in [-0.2, 0) is 9.59 Å². The molecule has 1 atom stereocenters. The second-order valence-electron chi connectivity index (χ2n) is 6.89. The van der Waals surface area contributed by atoms with Crippen LogP contribution >= 0.6 is 34.8 Å². The van der Waals surface area contributed by atoms with Gasteiger partial charge in [-0.15, -0.1) is 0 Å². The second-order valence-corrected chi connectivity index (χ2v) is 8.14. The third-order valence-corrected chi connectivity index (χ3v) is 6.22. The SMILES string of the molecule is O=C1CC(N2CCN(c3ccc(Cl)c(Cl)c3)CC2)C(=O)N1c1ccc(Cl)cc1. The smallest absolute Gasteiger partial charge is 0.251 e. The molecule has 0 spiro atoms. The lowest BCUT2D eigenvalue weighted by Crippen LogP contribution is -2.52. The molecule has 8 heteroatoms. The van der Waals surface area contributed by atoms with E-state index in [1.165, 1.54) is 4.90 Å². The average Bonchev–Trinajstić information content (AvgIpc) is 2.99. The maximum absolute atomic E-state index is 12.9. The maximum atomic E-state index is 12.9. The first kappa shape index (κ1) is 19.5. The van der Waals surface area contributed by atoms with Gasteiger partial charge in [0, 0.05) is 36.9 Å². The molecule has 2 aliphatic heterocycles. The largest absolute Gasteiger partial charge is 0.369 e. The van der Waals surface area contributed by atoms with Gasteiger partial charge in [0.2, 0.25) is 5.91 Å². The van der Waals surface area contributed by atoms with E-state index in [4.69, 9.17) is 34.8 Å². The van der Waals surface area contributed by atoms with Crippen LogP contribution in [0.25, 0.3) is 0 Å². The normalized spacial score (nSPS) is 20.9. The molecule has 2 saturated heterocycles. The number of halogens is 3. The van der Waals surface area contributed by atoms with Gasteiger partial charge in [-0.05, 0) is 42.5 Å². The molecule has 2 fully saturated rings. The Bertz CT molecular complexity index is 911. The van der Waals surface area contributed by atoms with E-state index in [0.29, 0.717) is 33.8 Å². The predicted octanol–water partition coefficient (Wildman–Crippen LogP) is 4.10. The predicted molar refractivity (Wildman–Crippen MR) is 113 cm³/mol. The molecule has 146 valence electrons. The van der Waals surface area contributed by atoms with Crippen molar-refractivity contribution in [3.8, 4) is 0 Å². The topological polar surface area (TPSA) is 43.9 Å². The highest BCUT2D eigenvalue weighted by molar-refractivity contribution is 6.42. The van der Waals surface area contributed by atoms with E-state index >= 15 is 0 Å². The molecule has 0 saturated carbocycles. The molecule has 0 radical (unpaired) electrons. The van der Waals surface area contributed by atoms with Crippen LogP contribution in [0.1, 0.15) is 6.42 Å². The van der Waals surface area contributed by atoms with Crippen LogP contribution in [0.15, 0.2) is 42.5 Å². The van der Waals surface area contributed by atoms with E-state index in [-0.39, 0.29) is 18.2 Å². The first-order chi connectivity index (χ1) is 13.4. The number of rotatable bonds is 3. The van der Waals surface area contributed by atoms with E-state index in [1.807, 2.05) is 12.1 Å². The third kappa shape index (κ3) is 3.72. The summed E-state index contributed by atoms with van der Waals surface area (Å²) in [5, 5.41) is 1.62. The number of hydrogen-bond acceptors (Lipinski definition) is 4. The van der Waals surface area contributed by atoms with Crippen molar-refractivity contribution in [1.29, 1.82) is 0 Å². The summed E-state index contributed by atoms with van der Waals surface area (Å²) >= 11 is 18.0. The van der Waals surface area contributed by atoms with Crippen LogP contribution in [0.5, 0.6) is 0 Å². The lowest BCUT2D eigenvalue weighted by molar-refractivity contribution is -0.123. The summed E-state index contributed by atoms with van der Waals surface area (Å²) in [6.45, 7) is 2.88. The van der Waals surface area contributed by atoms with Crippen molar-refractivity contribution in [2.45, 2.75) is 12.5 Å². The maximum Gasteiger partial charge on any atom is 0.251 e. The molecule has 2 amide bonds. The van der Waals surface area contributed by atoms with E-state index in [9.17, 15) is 9.59 Å². The molecular formula is C20H18Cl3N3O2. The Labute approximate surface area is 178 Å². The quantitative estimate of drug-likeness (QED) is 0.677. The van der Waals surface area contributed by atoms with Gasteiger partial charge in [-0.25, -0.2) is 4.90 Å². The monoisotopic (exact) mass is 437 g/mol. The van der Waals surface area contributed by atoms with Crippen molar-refractivity contribution in [2.75, 3.05) is 36.0 Å². The minimum atomic E-state index is -0.417. The number of hydrogen-bond donors (Lipinski definition) is 0. The number of benzene rings is 2. The molecule has 0 N–H and O–H groups in total. The highest BCUT2D eigenvalue weighted by Crippen LogP contribution is 2.30. The Morgan fingerprint density at radius 1 is 0.786 bits per heavy atom. The van der Waals surface area contributed by atoms with Crippen molar-refractivity contribution >= 4 is 58.0 Å². The zero-order valence-corrected chi connectivity index (χ0v) is 17.2. The number of amides is 2. The molecule has 2 aliphatic rings. The standard InChI is InChI=1S/C20H18Cl3N3O2/c21-13-1-3-14(4-2-13)26-19(27)12-18(20(26)28)25-9-7-24(8-10-25)15-5-6-16(22)17(23)11-15/h1-6,11,18H,7-10,12H2. The summed E-state index contributed by atoms with van der Waals surface area (Å²) in [6, 6.07) is 11.9. The van der Waals surface area contributed by atoms with Gasteiger partial charge in [-0.3, -0.25) is 14.5 Å². The van der Waals surface area contributed by atoms with Crippen molar-refractivity contribution < 1.29 is 9.59 Å². The fraction of sp³-hybridized carbons (Fsp3) is 0.300. The molecule has 0 bridgehead atoms. The Morgan fingerprint density at radius 3 is 2.07 bits per heavy atom. The number of piperazine rings is 1. The van der Waals surface area contributed by atoms with Crippen LogP contribution in [0, 0.1) is 0 Å². The third-order valence-electron chi connectivity index (χ3n) is 5.23. The Hall–Kier alpha value is -1.79. The Balaban J connectivity index is 1.43. The molecule has 2 heterocycles.